The van der Waals surface area contributed by atoms with Crippen LogP contribution in [0.15, 0.2) is 36.5 Å². The zero-order valence-electron chi connectivity index (χ0n) is 8.02. The first-order chi connectivity index (χ1) is 5.02. The summed E-state index contributed by atoms with van der Waals surface area (Å²) < 4.78 is 0. The Labute approximate surface area is 70.3 Å². The third-order valence-corrected chi connectivity index (χ3v) is 1.55. The minimum atomic E-state index is 0.210. The Morgan fingerprint density at radius 2 is 1.82 bits per heavy atom. The molecule has 0 nitrogen and oxygen atoms in total. The second kappa shape index (κ2) is 4.17. The number of hydrogen-bond acceptors (Lipinski definition) is 0. The van der Waals surface area contributed by atoms with Gasteiger partial charge in [0.25, 0.3) is 0 Å². The predicted octanol–water partition coefficient (Wildman–Crippen LogP) is 3.72. The molecular formula is C11H18. The monoisotopic (exact) mass is 150 g/mol. The van der Waals surface area contributed by atoms with Gasteiger partial charge in [0.1, 0.15) is 0 Å². The lowest BCUT2D eigenvalue weighted by atomic mass is 9.86. The topological polar surface area (TPSA) is 0 Å². The summed E-state index contributed by atoms with van der Waals surface area (Å²) >= 11 is 0. The summed E-state index contributed by atoms with van der Waals surface area (Å²) in [6.07, 6.45) is 8.09. The van der Waals surface area contributed by atoms with Gasteiger partial charge >= 0.3 is 0 Å². The molecule has 0 saturated carbocycles. The summed E-state index contributed by atoms with van der Waals surface area (Å²) in [6.45, 7) is 12.3. The fraction of sp³-hybridized carbons (Fsp3) is 0.455. The molecule has 0 atom stereocenters. The molecule has 0 fully saturated rings. The molecule has 0 radical (unpaired) electrons. The van der Waals surface area contributed by atoms with E-state index in [1.165, 1.54) is 5.57 Å². The van der Waals surface area contributed by atoms with Crippen LogP contribution in [0.1, 0.15) is 27.7 Å². The maximum absolute atomic E-state index is 3.78. The zero-order chi connectivity index (χ0) is 8.91. The van der Waals surface area contributed by atoms with Gasteiger partial charge in [-0.1, -0.05) is 51.7 Å². The molecule has 0 aromatic rings. The molecular weight excluding hydrogens is 132 g/mol. The highest BCUT2D eigenvalue weighted by atomic mass is 14.2. The molecule has 0 aliphatic carbocycles. The summed E-state index contributed by atoms with van der Waals surface area (Å²) in [5, 5.41) is 0. The molecule has 0 spiro atoms. The van der Waals surface area contributed by atoms with Gasteiger partial charge in [-0.15, -0.1) is 0 Å². The van der Waals surface area contributed by atoms with Crippen molar-refractivity contribution < 1.29 is 0 Å². The van der Waals surface area contributed by atoms with E-state index in [-0.39, 0.29) is 5.41 Å². The first kappa shape index (κ1) is 10.2. The number of allylic oxidation sites excluding steroid dienone is 5. The minimum Gasteiger partial charge on any atom is -0.0988 e. The average molecular weight is 150 g/mol. The van der Waals surface area contributed by atoms with Crippen molar-refractivity contribution in [2.75, 3.05) is 0 Å². The van der Waals surface area contributed by atoms with Crippen LogP contribution in [0.5, 0.6) is 0 Å². The fourth-order valence-electron chi connectivity index (χ4n) is 0.824. The molecule has 0 aromatic heterocycles. The quantitative estimate of drug-likeness (QED) is 0.526. The van der Waals surface area contributed by atoms with E-state index in [2.05, 4.69) is 33.4 Å². The lowest BCUT2D eigenvalue weighted by Crippen LogP contribution is -2.06. The SMILES string of the molecule is C=C/C(=C\C=C/C)C(C)(C)C. The van der Waals surface area contributed by atoms with Gasteiger partial charge in [0.2, 0.25) is 0 Å². The largest absolute Gasteiger partial charge is 0.0988 e. The molecule has 0 rings (SSSR count). The summed E-state index contributed by atoms with van der Waals surface area (Å²) in [4.78, 5) is 0. The van der Waals surface area contributed by atoms with Crippen LogP contribution in [-0.2, 0) is 0 Å². The van der Waals surface area contributed by atoms with Gasteiger partial charge in [-0.25, -0.2) is 0 Å². The van der Waals surface area contributed by atoms with Crippen molar-refractivity contribution in [1.82, 2.24) is 0 Å². The Morgan fingerprint density at radius 1 is 1.27 bits per heavy atom. The van der Waals surface area contributed by atoms with Gasteiger partial charge in [0, 0.05) is 0 Å². The summed E-state index contributed by atoms with van der Waals surface area (Å²) in [5.74, 6) is 0. The molecule has 0 saturated heterocycles. The molecule has 62 valence electrons. The third-order valence-electron chi connectivity index (χ3n) is 1.55. The van der Waals surface area contributed by atoms with Crippen molar-refractivity contribution in [2.45, 2.75) is 27.7 Å². The molecule has 0 amide bonds. The van der Waals surface area contributed by atoms with Crippen molar-refractivity contribution >= 4 is 0 Å². The summed E-state index contributed by atoms with van der Waals surface area (Å²) in [7, 11) is 0. The van der Waals surface area contributed by atoms with Crippen molar-refractivity contribution in [3.05, 3.63) is 36.5 Å². The van der Waals surface area contributed by atoms with Gasteiger partial charge in [0.05, 0.1) is 0 Å². The molecule has 0 aliphatic heterocycles. The molecule has 0 bridgehead atoms. The highest BCUT2D eigenvalue weighted by Crippen LogP contribution is 2.25. The predicted molar refractivity (Wildman–Crippen MR) is 52.5 cm³/mol. The van der Waals surface area contributed by atoms with Gasteiger partial charge in [-0.2, -0.15) is 0 Å². The maximum atomic E-state index is 3.78. The first-order valence-corrected chi connectivity index (χ1v) is 3.98. The van der Waals surface area contributed by atoms with Gasteiger partial charge < -0.3 is 0 Å². The molecule has 0 unspecified atom stereocenters. The van der Waals surface area contributed by atoms with E-state index in [9.17, 15) is 0 Å². The molecule has 0 N–H and O–H groups in total. The molecule has 0 aromatic carbocycles. The van der Waals surface area contributed by atoms with Crippen molar-refractivity contribution in [3.63, 3.8) is 0 Å². The standard InChI is InChI=1S/C11H18/c1-6-8-9-10(7-2)11(3,4)5/h6-9H,2H2,1,3-5H3/b8-6-,10-9+. The van der Waals surface area contributed by atoms with Crippen LogP contribution in [0, 0.1) is 5.41 Å². The van der Waals surface area contributed by atoms with E-state index in [1.54, 1.807) is 0 Å². The first-order valence-electron chi connectivity index (χ1n) is 3.98. The van der Waals surface area contributed by atoms with Gasteiger partial charge in [-0.3, -0.25) is 0 Å². The molecule has 11 heavy (non-hydrogen) atoms. The normalized spacial score (nSPS) is 14.0. The van der Waals surface area contributed by atoms with Crippen LogP contribution in [0.25, 0.3) is 0 Å². The van der Waals surface area contributed by atoms with Crippen LogP contribution in [0.4, 0.5) is 0 Å². The van der Waals surface area contributed by atoms with E-state index < -0.39 is 0 Å². The Kier molecular flexibility index (Phi) is 3.88. The summed E-state index contributed by atoms with van der Waals surface area (Å²) in [5.41, 5.74) is 1.48. The molecule has 0 heteroatoms. The highest BCUT2D eigenvalue weighted by molar-refractivity contribution is 5.26. The van der Waals surface area contributed by atoms with Crippen LogP contribution in [0.3, 0.4) is 0 Å². The van der Waals surface area contributed by atoms with Crippen LogP contribution >= 0.6 is 0 Å². The van der Waals surface area contributed by atoms with E-state index in [4.69, 9.17) is 0 Å². The van der Waals surface area contributed by atoms with Crippen LogP contribution < -0.4 is 0 Å². The average Bonchev–Trinajstić information content (AvgIpc) is 1.87. The maximum Gasteiger partial charge on any atom is -0.0132 e. The lowest BCUT2D eigenvalue weighted by Gasteiger charge is -2.19. The highest BCUT2D eigenvalue weighted by Gasteiger charge is 2.12. The molecule has 0 heterocycles. The Bertz CT molecular complexity index is 175. The van der Waals surface area contributed by atoms with E-state index in [1.807, 2.05) is 25.2 Å². The van der Waals surface area contributed by atoms with E-state index >= 15 is 0 Å². The fourth-order valence-corrected chi connectivity index (χ4v) is 0.824. The smallest absolute Gasteiger partial charge is 0.0132 e. The second-order valence-electron chi connectivity index (χ2n) is 3.60. The Morgan fingerprint density at radius 3 is 2.09 bits per heavy atom. The third kappa shape index (κ3) is 3.82. The van der Waals surface area contributed by atoms with Gasteiger partial charge in [0.15, 0.2) is 0 Å². The van der Waals surface area contributed by atoms with Crippen LogP contribution in [0.2, 0.25) is 0 Å². The van der Waals surface area contributed by atoms with Crippen molar-refractivity contribution in [3.8, 4) is 0 Å². The lowest BCUT2D eigenvalue weighted by molar-refractivity contribution is 0.517. The number of hydrogen-bond donors (Lipinski definition) is 0. The van der Waals surface area contributed by atoms with E-state index in [0.29, 0.717) is 0 Å². The second-order valence-corrected chi connectivity index (χ2v) is 3.60. The van der Waals surface area contributed by atoms with Crippen molar-refractivity contribution in [1.29, 1.82) is 0 Å². The van der Waals surface area contributed by atoms with Crippen molar-refractivity contribution in [2.24, 2.45) is 5.41 Å². The van der Waals surface area contributed by atoms with Crippen LogP contribution in [-0.4, -0.2) is 0 Å². The molecule has 0 aliphatic rings. The van der Waals surface area contributed by atoms with Gasteiger partial charge in [-0.05, 0) is 17.9 Å². The summed E-state index contributed by atoms with van der Waals surface area (Å²) in [6, 6.07) is 0. The zero-order valence-corrected chi connectivity index (χ0v) is 8.02. The Balaban J connectivity index is 4.53. The minimum absolute atomic E-state index is 0.210. The van der Waals surface area contributed by atoms with E-state index in [0.717, 1.165) is 0 Å². The Hall–Kier alpha value is -0.780. The number of rotatable bonds is 2.